The minimum Gasteiger partial charge on any atom is -0.481 e. The molecule has 6 heteroatoms. The van der Waals surface area contributed by atoms with Crippen LogP contribution < -0.4 is 10.6 Å². The van der Waals surface area contributed by atoms with Gasteiger partial charge < -0.3 is 20.5 Å². The third-order valence-corrected chi connectivity index (χ3v) is 3.65. The topological polar surface area (TPSA) is 87.7 Å². The van der Waals surface area contributed by atoms with Crippen molar-refractivity contribution < 1.29 is 19.4 Å². The van der Waals surface area contributed by atoms with E-state index in [9.17, 15) is 9.59 Å². The Hall–Kier alpha value is -1.30. The first-order valence-electron chi connectivity index (χ1n) is 7.78. The van der Waals surface area contributed by atoms with Crippen LogP contribution in [0.4, 0.5) is 4.79 Å². The van der Waals surface area contributed by atoms with Crippen LogP contribution in [0.15, 0.2) is 0 Å². The maximum Gasteiger partial charge on any atom is 0.315 e. The van der Waals surface area contributed by atoms with Gasteiger partial charge in [0.1, 0.15) is 0 Å². The molecule has 122 valence electrons. The number of urea groups is 1. The summed E-state index contributed by atoms with van der Waals surface area (Å²) in [5, 5.41) is 14.6. The van der Waals surface area contributed by atoms with E-state index in [1.165, 1.54) is 0 Å². The van der Waals surface area contributed by atoms with Crippen molar-refractivity contribution in [3.63, 3.8) is 0 Å². The summed E-state index contributed by atoms with van der Waals surface area (Å²) in [4.78, 5) is 22.6. The minimum absolute atomic E-state index is 0.0224. The quantitative estimate of drug-likeness (QED) is 0.607. The van der Waals surface area contributed by atoms with Gasteiger partial charge in [-0.1, -0.05) is 13.8 Å². The van der Waals surface area contributed by atoms with E-state index in [1.54, 1.807) is 0 Å². The highest BCUT2D eigenvalue weighted by atomic mass is 16.5. The third-order valence-electron chi connectivity index (χ3n) is 3.65. The molecule has 1 rings (SSSR count). The first-order valence-corrected chi connectivity index (χ1v) is 7.78. The molecule has 0 aromatic rings. The number of carbonyl (C=O) groups excluding carboxylic acids is 1. The predicted molar refractivity (Wildman–Crippen MR) is 80.2 cm³/mol. The number of nitrogens with one attached hydrogen (secondary N) is 2. The highest BCUT2D eigenvalue weighted by Crippen LogP contribution is 2.23. The summed E-state index contributed by atoms with van der Waals surface area (Å²) in [6, 6.07) is -0.0429. The highest BCUT2D eigenvalue weighted by molar-refractivity contribution is 5.74. The molecule has 1 saturated carbocycles. The molecular formula is C15H28N2O4. The summed E-state index contributed by atoms with van der Waals surface area (Å²) in [5.74, 6) is -0.426. The van der Waals surface area contributed by atoms with E-state index in [0.29, 0.717) is 19.1 Å². The van der Waals surface area contributed by atoms with Crippen molar-refractivity contribution >= 4 is 12.0 Å². The smallest absolute Gasteiger partial charge is 0.315 e. The van der Waals surface area contributed by atoms with Crippen LogP contribution in [0.2, 0.25) is 0 Å². The molecule has 6 nitrogen and oxygen atoms in total. The maximum atomic E-state index is 11.8. The molecular weight excluding hydrogens is 272 g/mol. The van der Waals surface area contributed by atoms with Crippen molar-refractivity contribution in [3.05, 3.63) is 0 Å². The molecule has 0 saturated heterocycles. The van der Waals surface area contributed by atoms with E-state index in [-0.39, 0.29) is 30.5 Å². The lowest BCUT2D eigenvalue weighted by molar-refractivity contribution is -0.138. The predicted octanol–water partition coefficient (Wildman–Crippen LogP) is 1.99. The molecule has 3 N–H and O–H groups in total. The van der Waals surface area contributed by atoms with E-state index >= 15 is 0 Å². The summed E-state index contributed by atoms with van der Waals surface area (Å²) >= 11 is 0. The highest BCUT2D eigenvalue weighted by Gasteiger charge is 2.30. The molecule has 0 aliphatic heterocycles. The van der Waals surface area contributed by atoms with Crippen molar-refractivity contribution in [1.29, 1.82) is 0 Å². The number of hydrogen-bond donors (Lipinski definition) is 3. The monoisotopic (exact) mass is 300 g/mol. The number of ether oxygens (including phenoxy) is 1. The molecule has 1 aliphatic rings. The Morgan fingerprint density at radius 2 is 2.00 bits per heavy atom. The number of aliphatic carboxylic acids is 1. The average Bonchev–Trinajstić information content (AvgIpc) is 2.32. The Bertz CT molecular complexity index is 341. The standard InChI is InChI=1S/C15H28N2O4/c1-4-21-13-7-12(8-13)17-15(20)16-9-11(5-10(2)3)6-14(18)19/h10-13H,4-9H2,1-3H3,(H,18,19)(H2,16,17,20). The third kappa shape index (κ3) is 7.32. The normalized spacial score (nSPS) is 22.5. The van der Waals surface area contributed by atoms with Crippen molar-refractivity contribution in [2.75, 3.05) is 13.2 Å². The zero-order chi connectivity index (χ0) is 15.8. The Balaban J connectivity index is 2.22. The zero-order valence-electron chi connectivity index (χ0n) is 13.2. The lowest BCUT2D eigenvalue weighted by Crippen LogP contribution is -2.51. The van der Waals surface area contributed by atoms with E-state index < -0.39 is 5.97 Å². The Morgan fingerprint density at radius 3 is 2.52 bits per heavy atom. The molecule has 0 heterocycles. The number of carboxylic acid groups (broad SMARTS) is 1. The molecule has 0 bridgehead atoms. The van der Waals surface area contributed by atoms with Gasteiger partial charge >= 0.3 is 12.0 Å². The van der Waals surface area contributed by atoms with Gasteiger partial charge in [0.15, 0.2) is 0 Å². The molecule has 2 amide bonds. The van der Waals surface area contributed by atoms with Crippen molar-refractivity contribution in [1.82, 2.24) is 10.6 Å². The minimum atomic E-state index is -0.818. The summed E-state index contributed by atoms with van der Waals surface area (Å²) in [7, 11) is 0. The fourth-order valence-corrected chi connectivity index (χ4v) is 2.68. The lowest BCUT2D eigenvalue weighted by Gasteiger charge is -2.35. The fraction of sp³-hybridized carbons (Fsp3) is 0.867. The number of carboxylic acids is 1. The number of hydrogen-bond acceptors (Lipinski definition) is 3. The second-order valence-corrected chi connectivity index (χ2v) is 6.19. The summed E-state index contributed by atoms with van der Waals surface area (Å²) in [6.45, 7) is 7.17. The maximum absolute atomic E-state index is 11.8. The van der Waals surface area contributed by atoms with E-state index in [0.717, 1.165) is 19.3 Å². The molecule has 1 atom stereocenters. The van der Waals surface area contributed by atoms with Gasteiger partial charge in [0.05, 0.1) is 6.10 Å². The van der Waals surface area contributed by atoms with E-state index in [4.69, 9.17) is 9.84 Å². The average molecular weight is 300 g/mol. The Morgan fingerprint density at radius 1 is 1.33 bits per heavy atom. The first kappa shape index (κ1) is 17.8. The largest absolute Gasteiger partial charge is 0.481 e. The summed E-state index contributed by atoms with van der Waals surface area (Å²) in [5.41, 5.74) is 0. The Labute approximate surface area is 126 Å². The van der Waals surface area contributed by atoms with Gasteiger partial charge in [-0.2, -0.15) is 0 Å². The summed E-state index contributed by atoms with van der Waals surface area (Å²) < 4.78 is 5.44. The molecule has 21 heavy (non-hydrogen) atoms. The Kier molecular flexibility index (Phi) is 7.50. The van der Waals surface area contributed by atoms with Crippen LogP contribution in [0, 0.1) is 11.8 Å². The van der Waals surface area contributed by atoms with Crippen molar-refractivity contribution in [2.24, 2.45) is 11.8 Å². The summed E-state index contributed by atoms with van der Waals surface area (Å²) in [6.07, 6.45) is 2.86. The van der Waals surface area contributed by atoms with Gasteiger partial charge in [0.25, 0.3) is 0 Å². The lowest BCUT2D eigenvalue weighted by atomic mass is 9.89. The van der Waals surface area contributed by atoms with Gasteiger partial charge in [-0.3, -0.25) is 4.79 Å². The molecule has 0 radical (unpaired) electrons. The second-order valence-electron chi connectivity index (χ2n) is 6.19. The number of rotatable bonds is 9. The van der Waals surface area contributed by atoms with Crippen molar-refractivity contribution in [2.45, 2.75) is 58.6 Å². The molecule has 1 fully saturated rings. The zero-order valence-corrected chi connectivity index (χ0v) is 13.2. The van der Waals surface area contributed by atoms with Gasteiger partial charge in [-0.15, -0.1) is 0 Å². The molecule has 1 unspecified atom stereocenters. The fourth-order valence-electron chi connectivity index (χ4n) is 2.68. The SMILES string of the molecule is CCOC1CC(NC(=O)NCC(CC(=O)O)CC(C)C)C1. The van der Waals surface area contributed by atoms with Crippen LogP contribution >= 0.6 is 0 Å². The molecule has 1 aliphatic carbocycles. The van der Waals surface area contributed by atoms with Gasteiger partial charge in [0.2, 0.25) is 0 Å². The van der Waals surface area contributed by atoms with Gasteiger partial charge in [-0.25, -0.2) is 4.79 Å². The van der Waals surface area contributed by atoms with Crippen LogP contribution in [0.5, 0.6) is 0 Å². The van der Waals surface area contributed by atoms with Crippen LogP contribution in [0.1, 0.15) is 46.5 Å². The number of carbonyl (C=O) groups is 2. The van der Waals surface area contributed by atoms with Gasteiger partial charge in [0, 0.05) is 25.6 Å². The van der Waals surface area contributed by atoms with Crippen molar-refractivity contribution in [3.8, 4) is 0 Å². The number of amides is 2. The molecule has 0 spiro atoms. The van der Waals surface area contributed by atoms with Crippen LogP contribution in [-0.2, 0) is 9.53 Å². The molecule has 0 aromatic heterocycles. The van der Waals surface area contributed by atoms with Crippen LogP contribution in [-0.4, -0.2) is 42.4 Å². The molecule has 0 aromatic carbocycles. The van der Waals surface area contributed by atoms with Crippen LogP contribution in [0.3, 0.4) is 0 Å². The van der Waals surface area contributed by atoms with Crippen LogP contribution in [0.25, 0.3) is 0 Å². The second kappa shape index (κ2) is 8.87. The first-order chi connectivity index (χ1) is 9.90. The van der Waals surface area contributed by atoms with Gasteiger partial charge in [-0.05, 0) is 38.0 Å². The van der Waals surface area contributed by atoms with E-state index in [2.05, 4.69) is 24.5 Å². The van der Waals surface area contributed by atoms with E-state index in [1.807, 2.05) is 6.92 Å².